The van der Waals surface area contributed by atoms with Crippen molar-refractivity contribution >= 4 is 0 Å². The zero-order valence-electron chi connectivity index (χ0n) is 26.2. The zero-order valence-corrected chi connectivity index (χ0v) is 26.2. The average molecular weight is 633 g/mol. The van der Waals surface area contributed by atoms with Crippen molar-refractivity contribution in [2.24, 2.45) is 0 Å². The fourth-order valence-corrected chi connectivity index (χ4v) is 3.92. The molecule has 0 amide bonds. The van der Waals surface area contributed by atoms with Crippen molar-refractivity contribution in [3.8, 4) is 28.7 Å². The minimum atomic E-state index is -1.45. The van der Waals surface area contributed by atoms with Crippen molar-refractivity contribution < 1.29 is 71.4 Å². The molecule has 0 aliphatic carbocycles. The summed E-state index contributed by atoms with van der Waals surface area (Å²) in [4.78, 5) is 0. The normalized spacial score (nSPS) is 13.3. The van der Waals surface area contributed by atoms with Gasteiger partial charge in [0.25, 0.3) is 0 Å². The van der Waals surface area contributed by atoms with E-state index in [0.717, 1.165) is 0 Å². The van der Waals surface area contributed by atoms with Gasteiger partial charge in [0.1, 0.15) is 49.1 Å². The van der Waals surface area contributed by atoms with Gasteiger partial charge in [0.15, 0.2) is 45.5 Å². The SMILES string of the molecule is COCOc1cc(OCOC)c(C(O)[C@@H](OCOC)[C@@H](OCOC)c2ccc(OCOC)c(OCOC)c2)c(OCOC)c1. The lowest BCUT2D eigenvalue weighted by Gasteiger charge is -2.33. The Labute approximate surface area is 257 Å². The largest absolute Gasteiger partial charge is 0.467 e. The minimum absolute atomic E-state index is 0.0107. The first kappa shape index (κ1) is 37.2. The molecule has 0 spiro atoms. The molecule has 15 nitrogen and oxygen atoms in total. The number of hydrogen-bond acceptors (Lipinski definition) is 15. The summed E-state index contributed by atoms with van der Waals surface area (Å²) in [6, 6.07) is 8.20. The van der Waals surface area contributed by atoms with Crippen LogP contribution in [0.5, 0.6) is 28.7 Å². The fourth-order valence-electron chi connectivity index (χ4n) is 3.92. The molecule has 250 valence electrons. The van der Waals surface area contributed by atoms with Crippen LogP contribution in [0.1, 0.15) is 23.3 Å². The third-order valence-electron chi connectivity index (χ3n) is 5.70. The molecule has 1 N–H and O–H groups in total. The second-order valence-electron chi connectivity index (χ2n) is 8.77. The van der Waals surface area contributed by atoms with Crippen molar-refractivity contribution in [3.05, 3.63) is 41.5 Å². The third kappa shape index (κ3) is 11.5. The van der Waals surface area contributed by atoms with Crippen molar-refractivity contribution in [2.75, 3.05) is 97.3 Å². The number of methoxy groups -OCH3 is 7. The van der Waals surface area contributed by atoms with Crippen LogP contribution < -0.4 is 23.7 Å². The maximum atomic E-state index is 12.0. The van der Waals surface area contributed by atoms with E-state index >= 15 is 0 Å². The predicted octanol–water partition coefficient (Wildman–Crippen LogP) is 2.98. The first-order valence-corrected chi connectivity index (χ1v) is 13.3. The van der Waals surface area contributed by atoms with Crippen molar-refractivity contribution in [1.82, 2.24) is 0 Å². The zero-order chi connectivity index (χ0) is 32.2. The summed E-state index contributed by atoms with van der Waals surface area (Å²) >= 11 is 0. The van der Waals surface area contributed by atoms with E-state index in [9.17, 15) is 5.11 Å². The summed E-state index contributed by atoms with van der Waals surface area (Å²) in [5.74, 6) is 1.43. The topological polar surface area (TPSA) is 149 Å². The Hall–Kier alpha value is -2.96. The lowest BCUT2D eigenvalue weighted by Crippen LogP contribution is -2.33. The van der Waals surface area contributed by atoms with Crippen LogP contribution in [0.25, 0.3) is 0 Å². The van der Waals surface area contributed by atoms with E-state index in [1.807, 2.05) is 0 Å². The van der Waals surface area contributed by atoms with Gasteiger partial charge in [0.2, 0.25) is 0 Å². The Morgan fingerprint density at radius 2 is 0.955 bits per heavy atom. The number of aliphatic hydroxyl groups excluding tert-OH is 1. The summed E-state index contributed by atoms with van der Waals surface area (Å²) in [6.07, 6.45) is -3.54. The van der Waals surface area contributed by atoms with Gasteiger partial charge in [-0.25, -0.2) is 0 Å². The molecule has 0 saturated carbocycles. The van der Waals surface area contributed by atoms with Crippen molar-refractivity contribution in [1.29, 1.82) is 0 Å². The van der Waals surface area contributed by atoms with Crippen LogP contribution in [0.2, 0.25) is 0 Å². The molecular weight excluding hydrogens is 588 g/mol. The van der Waals surface area contributed by atoms with Crippen LogP contribution in [-0.4, -0.2) is 109 Å². The van der Waals surface area contributed by atoms with Crippen LogP contribution in [0.15, 0.2) is 30.3 Å². The van der Waals surface area contributed by atoms with Gasteiger partial charge in [-0.15, -0.1) is 0 Å². The van der Waals surface area contributed by atoms with Crippen LogP contribution >= 0.6 is 0 Å². The van der Waals surface area contributed by atoms with Crippen molar-refractivity contribution in [2.45, 2.75) is 18.3 Å². The highest BCUT2D eigenvalue weighted by Crippen LogP contribution is 2.44. The number of hydrogen-bond donors (Lipinski definition) is 1. The number of benzene rings is 2. The van der Waals surface area contributed by atoms with E-state index in [4.69, 9.17) is 66.3 Å². The van der Waals surface area contributed by atoms with E-state index < -0.39 is 18.3 Å². The Morgan fingerprint density at radius 3 is 1.48 bits per heavy atom. The van der Waals surface area contributed by atoms with Gasteiger partial charge >= 0.3 is 0 Å². The van der Waals surface area contributed by atoms with Crippen molar-refractivity contribution in [3.63, 3.8) is 0 Å². The monoisotopic (exact) mass is 632 g/mol. The summed E-state index contributed by atoms with van der Waals surface area (Å²) in [6.45, 7) is -0.747. The van der Waals surface area contributed by atoms with Gasteiger partial charge in [-0.2, -0.15) is 0 Å². The Kier molecular flexibility index (Phi) is 18.4. The molecule has 0 bridgehead atoms. The highest BCUT2D eigenvalue weighted by molar-refractivity contribution is 5.53. The molecule has 0 radical (unpaired) electrons. The van der Waals surface area contributed by atoms with Gasteiger partial charge in [0.05, 0.1) is 5.56 Å². The molecular formula is C29H44O15. The second-order valence-corrected chi connectivity index (χ2v) is 8.77. The maximum Gasteiger partial charge on any atom is 0.188 e. The van der Waals surface area contributed by atoms with Gasteiger partial charge < -0.3 is 71.4 Å². The molecule has 0 aliphatic rings. The minimum Gasteiger partial charge on any atom is -0.467 e. The first-order chi connectivity index (χ1) is 21.5. The average Bonchev–Trinajstić information content (AvgIpc) is 3.04. The van der Waals surface area contributed by atoms with E-state index in [0.29, 0.717) is 22.8 Å². The molecule has 2 aromatic rings. The van der Waals surface area contributed by atoms with Gasteiger partial charge in [0, 0.05) is 61.9 Å². The Bertz CT molecular complexity index is 1020. The van der Waals surface area contributed by atoms with Crippen LogP contribution in [-0.2, 0) is 42.6 Å². The fraction of sp³-hybridized carbons (Fsp3) is 0.586. The van der Waals surface area contributed by atoms with E-state index in [1.54, 1.807) is 30.3 Å². The van der Waals surface area contributed by atoms with Gasteiger partial charge in [-0.05, 0) is 17.7 Å². The lowest BCUT2D eigenvalue weighted by atomic mass is 9.93. The smallest absolute Gasteiger partial charge is 0.188 e. The third-order valence-corrected chi connectivity index (χ3v) is 5.70. The van der Waals surface area contributed by atoms with E-state index in [-0.39, 0.29) is 64.6 Å². The Balaban J connectivity index is 2.70. The lowest BCUT2D eigenvalue weighted by molar-refractivity contribution is -0.189. The second kappa shape index (κ2) is 21.7. The molecule has 3 atom stereocenters. The summed E-state index contributed by atoms with van der Waals surface area (Å²) in [5.41, 5.74) is 0.740. The highest BCUT2D eigenvalue weighted by atomic mass is 16.7. The molecule has 0 aromatic heterocycles. The molecule has 0 fully saturated rings. The van der Waals surface area contributed by atoms with Crippen LogP contribution in [0.4, 0.5) is 0 Å². The van der Waals surface area contributed by atoms with E-state index in [2.05, 4.69) is 0 Å². The summed E-state index contributed by atoms with van der Waals surface area (Å²) < 4.78 is 76.7. The quantitative estimate of drug-likeness (QED) is 0.160. The molecule has 15 heteroatoms. The van der Waals surface area contributed by atoms with Crippen LogP contribution in [0, 0.1) is 0 Å². The molecule has 2 rings (SSSR count). The standard InChI is InChI=1S/C29H44O15/c1-31-13-38-21-11-24(41-16-34-4)26(25(12-21)42-17-35-5)27(30)29(44-19-37-7)28(43-18-36-6)20-8-9-22(39-14-32-2)23(10-20)40-15-33-3/h8-12,27-30H,13-19H2,1-7H3/t27?,28-,29+/m0/s1. The molecule has 0 saturated heterocycles. The molecule has 44 heavy (non-hydrogen) atoms. The van der Waals surface area contributed by atoms with Gasteiger partial charge in [-0.3, -0.25) is 0 Å². The number of rotatable bonds is 25. The highest BCUT2D eigenvalue weighted by Gasteiger charge is 2.37. The summed E-state index contributed by atoms with van der Waals surface area (Å²) in [7, 11) is 10.3. The molecule has 1 unspecified atom stereocenters. The molecule has 0 aliphatic heterocycles. The maximum absolute atomic E-state index is 12.0. The predicted molar refractivity (Wildman–Crippen MR) is 153 cm³/mol. The Morgan fingerprint density at radius 1 is 0.500 bits per heavy atom. The van der Waals surface area contributed by atoms with E-state index in [1.165, 1.54) is 49.8 Å². The summed E-state index contributed by atoms with van der Waals surface area (Å²) in [5, 5.41) is 12.0. The number of ether oxygens (including phenoxy) is 14. The number of aliphatic hydroxyl groups is 1. The first-order valence-electron chi connectivity index (χ1n) is 13.3. The van der Waals surface area contributed by atoms with Crippen LogP contribution in [0.3, 0.4) is 0 Å². The molecule has 2 aromatic carbocycles. The molecule has 0 heterocycles. The van der Waals surface area contributed by atoms with Gasteiger partial charge in [-0.1, -0.05) is 6.07 Å².